The lowest BCUT2D eigenvalue weighted by molar-refractivity contribution is 1.19. The van der Waals surface area contributed by atoms with Gasteiger partial charge in [-0.05, 0) is 79.9 Å². The van der Waals surface area contributed by atoms with Crippen LogP contribution in [0.4, 0.5) is 0 Å². The molecule has 0 atom stereocenters. The van der Waals surface area contributed by atoms with Crippen molar-refractivity contribution in [1.82, 2.24) is 0 Å². The zero-order valence-corrected chi connectivity index (χ0v) is 17.9. The van der Waals surface area contributed by atoms with Gasteiger partial charge in [0.2, 0.25) is 0 Å². The largest absolute Gasteiger partial charge is 0.0617 e. The van der Waals surface area contributed by atoms with Crippen molar-refractivity contribution in [3.63, 3.8) is 0 Å². The van der Waals surface area contributed by atoms with Gasteiger partial charge in [-0.3, -0.25) is 0 Å². The highest BCUT2D eigenvalue weighted by Gasteiger charge is 1.98. The summed E-state index contributed by atoms with van der Waals surface area (Å²) in [5.41, 5.74) is 9.21. The highest BCUT2D eigenvalue weighted by Crippen LogP contribution is 2.12. The lowest BCUT2D eigenvalue weighted by Gasteiger charge is -2.03. The second kappa shape index (κ2) is 9.67. The average Bonchev–Trinajstić information content (AvgIpc) is 2.80. The maximum Gasteiger partial charge on any atom is 0.0249 e. The van der Waals surface area contributed by atoms with Crippen LogP contribution in [-0.2, 0) is 6.42 Å². The fraction of sp³-hybridized carbons (Fsp3) is 0.0968. The Morgan fingerprint density at radius 2 is 0.645 bits per heavy atom. The predicted molar refractivity (Wildman–Crippen MR) is 130 cm³/mol. The molecule has 0 spiro atoms. The molecule has 0 aliphatic carbocycles. The minimum Gasteiger partial charge on any atom is -0.0617 e. The van der Waals surface area contributed by atoms with Gasteiger partial charge in [-0.25, -0.2) is 0 Å². The molecular formula is C31H24. The van der Waals surface area contributed by atoms with Crippen LogP contribution in [0.15, 0.2) is 97.1 Å². The quantitative estimate of drug-likeness (QED) is 0.331. The first-order valence-electron chi connectivity index (χ1n) is 10.5. The van der Waals surface area contributed by atoms with Gasteiger partial charge in [-0.15, -0.1) is 0 Å². The first kappa shape index (κ1) is 20.3. The third kappa shape index (κ3) is 5.99. The maximum absolute atomic E-state index is 3.24. The van der Waals surface area contributed by atoms with Crippen molar-refractivity contribution in [2.24, 2.45) is 0 Å². The molecule has 0 bridgehead atoms. The van der Waals surface area contributed by atoms with Crippen LogP contribution in [0.2, 0.25) is 0 Å². The molecular weight excluding hydrogens is 372 g/mol. The zero-order valence-electron chi connectivity index (χ0n) is 17.9. The SMILES string of the molecule is Cc1ccc(C#Cc2ccc(Cc3ccc(C#Cc4ccc(C)cc4)cc3)cc2)cc1. The number of benzene rings is 4. The highest BCUT2D eigenvalue weighted by atomic mass is 14.0. The van der Waals surface area contributed by atoms with Gasteiger partial charge in [-0.2, -0.15) is 0 Å². The average molecular weight is 397 g/mol. The van der Waals surface area contributed by atoms with Crippen LogP contribution in [0.5, 0.6) is 0 Å². The van der Waals surface area contributed by atoms with Gasteiger partial charge in [-0.1, -0.05) is 83.3 Å². The molecule has 0 fully saturated rings. The van der Waals surface area contributed by atoms with Gasteiger partial charge in [0.25, 0.3) is 0 Å². The van der Waals surface area contributed by atoms with E-state index in [2.05, 4.69) is 135 Å². The lowest BCUT2D eigenvalue weighted by atomic mass is 10.0. The topological polar surface area (TPSA) is 0 Å². The Labute approximate surface area is 185 Å². The molecule has 0 unspecified atom stereocenters. The molecule has 4 aromatic rings. The molecule has 0 amide bonds. The van der Waals surface area contributed by atoms with Crippen molar-refractivity contribution in [2.45, 2.75) is 20.3 Å². The number of hydrogen-bond acceptors (Lipinski definition) is 0. The van der Waals surface area contributed by atoms with Crippen molar-refractivity contribution in [3.05, 3.63) is 142 Å². The van der Waals surface area contributed by atoms with E-state index in [1.807, 2.05) is 0 Å². The van der Waals surface area contributed by atoms with Crippen molar-refractivity contribution in [3.8, 4) is 23.7 Å². The van der Waals surface area contributed by atoms with Crippen LogP contribution in [0.3, 0.4) is 0 Å². The second-order valence-electron chi connectivity index (χ2n) is 7.80. The maximum atomic E-state index is 3.24. The summed E-state index contributed by atoms with van der Waals surface area (Å²) in [4.78, 5) is 0. The summed E-state index contributed by atoms with van der Waals surface area (Å²) in [6.07, 6.45) is 0.900. The van der Waals surface area contributed by atoms with Gasteiger partial charge in [0, 0.05) is 22.3 Å². The van der Waals surface area contributed by atoms with Crippen LogP contribution in [0.25, 0.3) is 0 Å². The summed E-state index contributed by atoms with van der Waals surface area (Å²) in [7, 11) is 0. The van der Waals surface area contributed by atoms with E-state index < -0.39 is 0 Å². The van der Waals surface area contributed by atoms with Gasteiger partial charge in [0.05, 0.1) is 0 Å². The Bertz CT molecular complexity index is 1160. The first-order valence-corrected chi connectivity index (χ1v) is 10.5. The Balaban J connectivity index is 1.38. The Morgan fingerprint density at radius 3 is 0.935 bits per heavy atom. The molecule has 0 nitrogen and oxygen atoms in total. The molecule has 0 aliphatic heterocycles. The van der Waals surface area contributed by atoms with E-state index in [1.165, 1.54) is 22.3 Å². The summed E-state index contributed by atoms with van der Waals surface area (Å²) in [5.74, 6) is 12.9. The molecule has 148 valence electrons. The second-order valence-corrected chi connectivity index (χ2v) is 7.80. The van der Waals surface area contributed by atoms with Crippen LogP contribution in [0, 0.1) is 37.5 Å². The molecule has 0 heterocycles. The van der Waals surface area contributed by atoms with E-state index in [0.29, 0.717) is 0 Å². The van der Waals surface area contributed by atoms with Crippen molar-refractivity contribution < 1.29 is 0 Å². The van der Waals surface area contributed by atoms with E-state index in [9.17, 15) is 0 Å². The van der Waals surface area contributed by atoms with Crippen LogP contribution >= 0.6 is 0 Å². The molecule has 0 aromatic heterocycles. The molecule has 31 heavy (non-hydrogen) atoms. The summed E-state index contributed by atoms with van der Waals surface area (Å²) in [6, 6.07) is 33.6. The highest BCUT2D eigenvalue weighted by molar-refractivity contribution is 5.46. The molecule has 0 saturated carbocycles. The van der Waals surface area contributed by atoms with Gasteiger partial charge < -0.3 is 0 Å². The molecule has 4 rings (SSSR count). The number of hydrogen-bond donors (Lipinski definition) is 0. The smallest absolute Gasteiger partial charge is 0.0249 e. The Morgan fingerprint density at radius 1 is 0.387 bits per heavy atom. The monoisotopic (exact) mass is 396 g/mol. The van der Waals surface area contributed by atoms with Crippen LogP contribution < -0.4 is 0 Å². The fourth-order valence-corrected chi connectivity index (χ4v) is 3.21. The van der Waals surface area contributed by atoms with Gasteiger partial charge in [0.1, 0.15) is 0 Å². The van der Waals surface area contributed by atoms with Crippen LogP contribution in [-0.4, -0.2) is 0 Å². The molecule has 4 aromatic carbocycles. The summed E-state index contributed by atoms with van der Waals surface area (Å²) < 4.78 is 0. The first-order chi connectivity index (χ1) is 15.1. The van der Waals surface area contributed by atoms with E-state index in [0.717, 1.165) is 28.7 Å². The van der Waals surface area contributed by atoms with Gasteiger partial charge >= 0.3 is 0 Å². The Hall–Kier alpha value is -4.00. The fourth-order valence-electron chi connectivity index (χ4n) is 3.21. The van der Waals surface area contributed by atoms with Crippen molar-refractivity contribution >= 4 is 0 Å². The van der Waals surface area contributed by atoms with E-state index in [4.69, 9.17) is 0 Å². The number of rotatable bonds is 2. The molecule has 0 radical (unpaired) electrons. The summed E-state index contributed by atoms with van der Waals surface area (Å²) in [5, 5.41) is 0. The number of aryl methyl sites for hydroxylation is 2. The van der Waals surface area contributed by atoms with Crippen molar-refractivity contribution in [2.75, 3.05) is 0 Å². The standard InChI is InChI=1S/C31H24/c1-24-3-7-26(8-4-24)11-13-28-15-19-30(20-16-28)23-31-21-17-29(18-22-31)14-12-27-9-5-25(2)6-10-27/h3-10,15-22H,23H2,1-2H3. The zero-order chi connectivity index (χ0) is 21.5. The summed E-state index contributed by atoms with van der Waals surface area (Å²) in [6.45, 7) is 4.17. The normalized spacial score (nSPS) is 9.87. The van der Waals surface area contributed by atoms with Crippen LogP contribution in [0.1, 0.15) is 44.5 Å². The minimum absolute atomic E-state index is 0.900. The van der Waals surface area contributed by atoms with Gasteiger partial charge in [0.15, 0.2) is 0 Å². The Kier molecular flexibility index (Phi) is 6.32. The van der Waals surface area contributed by atoms with E-state index in [-0.39, 0.29) is 0 Å². The molecule has 0 heteroatoms. The molecule has 0 N–H and O–H groups in total. The van der Waals surface area contributed by atoms with E-state index >= 15 is 0 Å². The van der Waals surface area contributed by atoms with Crippen molar-refractivity contribution in [1.29, 1.82) is 0 Å². The molecule has 0 saturated heterocycles. The lowest BCUT2D eigenvalue weighted by Crippen LogP contribution is -1.89. The third-order valence-electron chi connectivity index (χ3n) is 5.12. The third-order valence-corrected chi connectivity index (χ3v) is 5.12. The predicted octanol–water partition coefficient (Wildman–Crippen LogP) is 6.69. The minimum atomic E-state index is 0.900. The molecule has 0 aliphatic rings. The van der Waals surface area contributed by atoms with E-state index in [1.54, 1.807) is 0 Å². The summed E-state index contributed by atoms with van der Waals surface area (Å²) >= 11 is 0.